The molecule has 0 aromatic rings. The van der Waals surface area contributed by atoms with Gasteiger partial charge in [0, 0.05) is 14.8 Å². The molecule has 8 heavy (non-hydrogen) atoms. The number of carbonyl (C=O) groups excluding carboxylic acids is 1. The molecule has 0 N–H and O–H groups in total. The maximum atomic E-state index is 10.6. The van der Waals surface area contributed by atoms with Gasteiger partial charge >= 0.3 is 0 Å². The van der Waals surface area contributed by atoms with Crippen molar-refractivity contribution in [3.05, 3.63) is 0 Å². The van der Waals surface area contributed by atoms with Crippen molar-refractivity contribution in [1.82, 2.24) is 4.44 Å². The first-order chi connectivity index (χ1) is 3.72. The van der Waals surface area contributed by atoms with Gasteiger partial charge in [0.05, 0.1) is 0 Å². The van der Waals surface area contributed by atoms with Gasteiger partial charge in [0.15, 0.2) is 0 Å². The third-order valence-corrected chi connectivity index (χ3v) is 3.70. The minimum atomic E-state index is 0.170. The molecule has 0 aliphatic heterocycles. The zero-order chi connectivity index (χ0) is 6.57. The fraction of sp³-hybridized carbons (Fsp3) is 0.667. The Labute approximate surface area is 56.0 Å². The van der Waals surface area contributed by atoms with Crippen molar-refractivity contribution in [3.63, 3.8) is 0 Å². The van der Waals surface area contributed by atoms with E-state index >= 15 is 0 Å². The molecule has 0 radical (unpaired) electrons. The van der Waals surface area contributed by atoms with Crippen molar-refractivity contribution in [1.29, 1.82) is 0 Å². The van der Waals surface area contributed by atoms with Gasteiger partial charge in [-0.05, 0) is 9.39 Å². The molecule has 0 rings (SSSR count). The van der Waals surface area contributed by atoms with Gasteiger partial charge < -0.3 is 4.44 Å². The highest BCUT2D eigenvalue weighted by molar-refractivity contribution is 8.03. The average Bonchev–Trinajstić information content (AvgIpc) is 1.84. The summed E-state index contributed by atoms with van der Waals surface area (Å²) in [7, 11) is 5.36. The number of hydrogen-bond donors (Lipinski definition) is 0. The van der Waals surface area contributed by atoms with E-state index in [0.717, 1.165) is 0 Å². The third kappa shape index (κ3) is 2.92. The SMILES string of the molecule is CCC(=O)N(P)PP. The highest BCUT2D eigenvalue weighted by atomic mass is 32.0. The first-order valence-corrected chi connectivity index (χ1v) is 5.53. The lowest BCUT2D eigenvalue weighted by Crippen LogP contribution is -2.07. The second-order valence-electron chi connectivity index (χ2n) is 1.25. The summed E-state index contributed by atoms with van der Waals surface area (Å²) in [6, 6.07) is 0. The molecule has 0 aromatic carbocycles. The molecule has 0 aliphatic rings. The Morgan fingerprint density at radius 3 is 2.50 bits per heavy atom. The minimum Gasteiger partial charge on any atom is -0.306 e. The van der Waals surface area contributed by atoms with Crippen molar-refractivity contribution in [3.8, 4) is 0 Å². The number of amides is 1. The molecule has 1 amide bonds. The summed E-state index contributed by atoms with van der Waals surface area (Å²) >= 11 is 0. The fourth-order valence-electron chi connectivity index (χ4n) is 0.242. The second-order valence-corrected chi connectivity index (χ2v) is 3.79. The lowest BCUT2D eigenvalue weighted by molar-refractivity contribution is -0.122. The van der Waals surface area contributed by atoms with E-state index in [1.807, 2.05) is 6.92 Å². The monoisotopic (exact) mass is 169 g/mol. The van der Waals surface area contributed by atoms with Crippen molar-refractivity contribution >= 4 is 32.6 Å². The van der Waals surface area contributed by atoms with Crippen molar-refractivity contribution < 1.29 is 4.79 Å². The molecule has 48 valence electrons. The van der Waals surface area contributed by atoms with E-state index < -0.39 is 0 Å². The van der Waals surface area contributed by atoms with Crippen LogP contribution in [0.15, 0.2) is 0 Å². The molecule has 5 heteroatoms. The van der Waals surface area contributed by atoms with Crippen LogP contribution in [0.4, 0.5) is 0 Å². The molecule has 0 spiro atoms. The Balaban J connectivity index is 3.46. The number of hydrogen-bond acceptors (Lipinski definition) is 1. The van der Waals surface area contributed by atoms with Crippen molar-refractivity contribution in [2.75, 3.05) is 0 Å². The van der Waals surface area contributed by atoms with E-state index in [1.54, 1.807) is 4.44 Å². The molecule has 0 fully saturated rings. The van der Waals surface area contributed by atoms with Crippen LogP contribution in [0.1, 0.15) is 13.3 Å². The summed E-state index contributed by atoms with van der Waals surface area (Å²) in [6.45, 7) is 1.85. The molecule has 0 heterocycles. The van der Waals surface area contributed by atoms with Gasteiger partial charge in [-0.3, -0.25) is 4.79 Å². The molecule has 2 nitrogen and oxygen atoms in total. The molecule has 0 saturated carbocycles. The lowest BCUT2D eigenvalue weighted by atomic mass is 10.5. The van der Waals surface area contributed by atoms with Gasteiger partial charge in [0.25, 0.3) is 0 Å². The van der Waals surface area contributed by atoms with E-state index in [-0.39, 0.29) is 5.91 Å². The standard InChI is InChI=1S/C3H10NOP3/c1-2-3(5)4(6)8-7/h8H,2,6-7H2,1H3. The lowest BCUT2D eigenvalue weighted by Gasteiger charge is -2.10. The van der Waals surface area contributed by atoms with E-state index in [1.165, 1.54) is 0 Å². The highest BCUT2D eigenvalue weighted by Crippen LogP contribution is 2.30. The maximum Gasteiger partial charge on any atom is 0.228 e. The average molecular weight is 169 g/mol. The predicted octanol–water partition coefficient (Wildman–Crippen LogP) is 1.40. The van der Waals surface area contributed by atoms with E-state index in [4.69, 9.17) is 0 Å². The van der Waals surface area contributed by atoms with Crippen LogP contribution in [0.2, 0.25) is 0 Å². The smallest absolute Gasteiger partial charge is 0.228 e. The first kappa shape index (κ1) is 8.76. The van der Waals surface area contributed by atoms with Crippen LogP contribution in [-0.2, 0) is 4.79 Å². The summed E-state index contributed by atoms with van der Waals surface area (Å²) in [5.74, 6) is 0.170. The normalized spacial score (nSPS) is 10.4. The molecule has 0 saturated heterocycles. The van der Waals surface area contributed by atoms with Crippen molar-refractivity contribution in [2.24, 2.45) is 0 Å². The third-order valence-electron chi connectivity index (χ3n) is 0.710. The minimum absolute atomic E-state index is 0.170. The van der Waals surface area contributed by atoms with Gasteiger partial charge in [-0.1, -0.05) is 15.9 Å². The quantitative estimate of drug-likeness (QED) is 0.572. The largest absolute Gasteiger partial charge is 0.306 e. The topological polar surface area (TPSA) is 20.3 Å². The van der Waals surface area contributed by atoms with Crippen molar-refractivity contribution in [2.45, 2.75) is 13.3 Å². The van der Waals surface area contributed by atoms with E-state index in [2.05, 4.69) is 18.3 Å². The zero-order valence-corrected chi connectivity index (χ0v) is 8.03. The van der Waals surface area contributed by atoms with Gasteiger partial charge in [-0.15, -0.1) is 0 Å². The molecule has 3 atom stereocenters. The van der Waals surface area contributed by atoms with Crippen LogP contribution < -0.4 is 0 Å². The highest BCUT2D eigenvalue weighted by Gasteiger charge is 2.00. The Bertz CT molecular complexity index is 86.6. The Morgan fingerprint density at radius 2 is 2.38 bits per heavy atom. The number of nitrogens with zero attached hydrogens (tertiary/aromatic N) is 1. The van der Waals surface area contributed by atoms with Crippen LogP contribution in [0.25, 0.3) is 0 Å². The Kier molecular flexibility index (Phi) is 5.06. The summed E-state index contributed by atoms with van der Waals surface area (Å²) in [5, 5.41) is 0. The molecule has 3 unspecified atom stereocenters. The van der Waals surface area contributed by atoms with Gasteiger partial charge in [-0.2, -0.15) is 0 Å². The predicted molar refractivity (Wildman–Crippen MR) is 44.9 cm³/mol. The van der Waals surface area contributed by atoms with Crippen LogP contribution in [-0.4, -0.2) is 10.3 Å². The molecular formula is C3H10NOP3. The van der Waals surface area contributed by atoms with Crippen LogP contribution in [0.5, 0.6) is 0 Å². The van der Waals surface area contributed by atoms with Gasteiger partial charge in [-0.25, -0.2) is 0 Å². The van der Waals surface area contributed by atoms with E-state index in [0.29, 0.717) is 14.8 Å². The summed E-state index contributed by atoms with van der Waals surface area (Å²) < 4.78 is 1.62. The Hall–Kier alpha value is 0.760. The van der Waals surface area contributed by atoms with Crippen LogP contribution in [0.3, 0.4) is 0 Å². The number of rotatable bonds is 2. The van der Waals surface area contributed by atoms with Gasteiger partial charge in [0.1, 0.15) is 0 Å². The Morgan fingerprint density at radius 1 is 1.88 bits per heavy atom. The van der Waals surface area contributed by atoms with Crippen LogP contribution in [0, 0.1) is 0 Å². The summed E-state index contributed by atoms with van der Waals surface area (Å²) in [6.07, 6.45) is 0.588. The fourth-order valence-corrected chi connectivity index (χ4v) is 1.16. The summed E-state index contributed by atoms with van der Waals surface area (Å²) in [4.78, 5) is 10.6. The van der Waals surface area contributed by atoms with E-state index in [9.17, 15) is 4.79 Å². The zero-order valence-electron chi connectivity index (χ0n) is 4.72. The molecular weight excluding hydrogens is 159 g/mol. The second kappa shape index (κ2) is 4.62. The maximum absolute atomic E-state index is 10.6. The van der Waals surface area contributed by atoms with Gasteiger partial charge in [0.2, 0.25) is 5.91 Å². The number of carbonyl (C=O) groups is 1. The summed E-state index contributed by atoms with van der Waals surface area (Å²) in [5.41, 5.74) is 0. The molecule has 0 aromatic heterocycles. The molecule has 0 bridgehead atoms. The molecule has 0 aliphatic carbocycles. The van der Waals surface area contributed by atoms with Crippen LogP contribution >= 0.6 is 26.7 Å². The first-order valence-electron chi connectivity index (χ1n) is 2.26.